The van der Waals surface area contributed by atoms with Crippen LogP contribution >= 0.6 is 11.6 Å². The minimum absolute atomic E-state index is 0.00495. The number of halogens is 4. The number of hydrogen-bond donors (Lipinski definition) is 1. The lowest BCUT2D eigenvalue weighted by Gasteiger charge is -2.16. The SMILES string of the molecule is O=C(O)C(COc1ccc(Cl)cc1[N+](=O)[O-])C(F)(F)F. The number of aliphatic carboxylic acids is 1. The van der Waals surface area contributed by atoms with Gasteiger partial charge in [0, 0.05) is 11.1 Å². The molecule has 10 heteroatoms. The average Bonchev–Trinajstić information content (AvgIpc) is 2.28. The fourth-order valence-electron chi connectivity index (χ4n) is 1.23. The van der Waals surface area contributed by atoms with Gasteiger partial charge in [-0.1, -0.05) is 11.6 Å². The van der Waals surface area contributed by atoms with E-state index in [0.717, 1.165) is 12.1 Å². The summed E-state index contributed by atoms with van der Waals surface area (Å²) in [6.07, 6.45) is -5.02. The highest BCUT2D eigenvalue weighted by atomic mass is 35.5. The highest BCUT2D eigenvalue weighted by Crippen LogP contribution is 2.32. The fraction of sp³-hybridized carbons (Fsp3) is 0.300. The van der Waals surface area contributed by atoms with Gasteiger partial charge < -0.3 is 9.84 Å². The molecule has 0 aliphatic carbocycles. The molecule has 20 heavy (non-hydrogen) atoms. The van der Waals surface area contributed by atoms with Crippen LogP contribution < -0.4 is 4.74 Å². The number of rotatable bonds is 5. The third kappa shape index (κ3) is 3.98. The number of alkyl halides is 3. The van der Waals surface area contributed by atoms with Crippen LogP contribution in [-0.2, 0) is 4.79 Å². The number of nitro groups is 1. The Bertz CT molecular complexity index is 534. The van der Waals surface area contributed by atoms with Gasteiger partial charge in [-0.05, 0) is 12.1 Å². The molecule has 0 saturated heterocycles. The van der Waals surface area contributed by atoms with Crippen LogP contribution in [0, 0.1) is 16.0 Å². The standard InChI is InChI=1S/C10H7ClF3NO5/c11-5-1-2-8(7(3-5)15(18)19)20-4-6(9(16)17)10(12,13)14/h1-3,6H,4H2,(H,16,17). The monoisotopic (exact) mass is 313 g/mol. The topological polar surface area (TPSA) is 89.7 Å². The molecule has 110 valence electrons. The molecule has 0 amide bonds. The molecule has 0 aromatic heterocycles. The summed E-state index contributed by atoms with van der Waals surface area (Å²) in [6, 6.07) is 3.06. The summed E-state index contributed by atoms with van der Waals surface area (Å²) in [6.45, 7) is -1.28. The summed E-state index contributed by atoms with van der Waals surface area (Å²) in [5.74, 6) is -5.40. The second kappa shape index (κ2) is 5.95. The molecule has 0 aliphatic heterocycles. The number of nitro benzene ring substituents is 1. The fourth-order valence-corrected chi connectivity index (χ4v) is 1.40. The van der Waals surface area contributed by atoms with Crippen molar-refractivity contribution in [2.24, 2.45) is 5.92 Å². The smallest absolute Gasteiger partial charge is 0.405 e. The van der Waals surface area contributed by atoms with E-state index in [1.54, 1.807) is 0 Å². The van der Waals surface area contributed by atoms with Gasteiger partial charge in [-0.3, -0.25) is 14.9 Å². The first kappa shape index (κ1) is 16.0. The van der Waals surface area contributed by atoms with Crippen LogP contribution in [0.25, 0.3) is 0 Å². The van der Waals surface area contributed by atoms with Crippen LogP contribution in [0.15, 0.2) is 18.2 Å². The Morgan fingerprint density at radius 1 is 1.50 bits per heavy atom. The minimum Gasteiger partial charge on any atom is -0.486 e. The summed E-state index contributed by atoms with van der Waals surface area (Å²) in [5.41, 5.74) is -0.649. The van der Waals surface area contributed by atoms with Crippen molar-refractivity contribution in [2.75, 3.05) is 6.61 Å². The van der Waals surface area contributed by atoms with Crippen LogP contribution in [0.2, 0.25) is 5.02 Å². The van der Waals surface area contributed by atoms with Gasteiger partial charge in [-0.25, -0.2) is 0 Å². The molecule has 1 N–H and O–H groups in total. The van der Waals surface area contributed by atoms with E-state index in [4.69, 9.17) is 16.7 Å². The molecule has 0 aliphatic rings. The van der Waals surface area contributed by atoms with Crippen LogP contribution in [0.1, 0.15) is 0 Å². The van der Waals surface area contributed by atoms with Crippen molar-refractivity contribution in [2.45, 2.75) is 6.18 Å². The van der Waals surface area contributed by atoms with Gasteiger partial charge in [0.15, 0.2) is 11.7 Å². The molecule has 0 saturated carbocycles. The van der Waals surface area contributed by atoms with Gasteiger partial charge in [-0.15, -0.1) is 0 Å². The van der Waals surface area contributed by atoms with Crippen molar-refractivity contribution < 1.29 is 32.7 Å². The third-order valence-corrected chi connectivity index (χ3v) is 2.45. The lowest BCUT2D eigenvalue weighted by Crippen LogP contribution is -2.35. The Hall–Kier alpha value is -2.03. The third-order valence-electron chi connectivity index (χ3n) is 2.22. The number of carboxylic acid groups (broad SMARTS) is 1. The Balaban J connectivity index is 2.94. The summed E-state index contributed by atoms with van der Waals surface area (Å²) in [5, 5.41) is 19.1. The van der Waals surface area contributed by atoms with Crippen molar-refractivity contribution in [1.82, 2.24) is 0 Å². The zero-order valence-electron chi connectivity index (χ0n) is 9.56. The van der Waals surface area contributed by atoms with E-state index in [2.05, 4.69) is 4.74 Å². The van der Waals surface area contributed by atoms with Gasteiger partial charge in [0.25, 0.3) is 0 Å². The van der Waals surface area contributed by atoms with Gasteiger partial charge in [-0.2, -0.15) is 13.2 Å². The van der Waals surface area contributed by atoms with Crippen LogP contribution in [0.3, 0.4) is 0 Å². The first-order valence-corrected chi connectivity index (χ1v) is 5.37. The van der Waals surface area contributed by atoms with Gasteiger partial charge in [0.2, 0.25) is 0 Å². The molecule has 0 heterocycles. The Morgan fingerprint density at radius 2 is 2.10 bits per heavy atom. The highest BCUT2D eigenvalue weighted by Gasteiger charge is 2.46. The van der Waals surface area contributed by atoms with Crippen LogP contribution in [-0.4, -0.2) is 28.8 Å². The number of hydrogen-bond acceptors (Lipinski definition) is 4. The van der Waals surface area contributed by atoms with Crippen molar-refractivity contribution in [1.29, 1.82) is 0 Å². The normalized spacial score (nSPS) is 12.8. The number of carbonyl (C=O) groups is 1. The number of nitrogens with zero attached hydrogens (tertiary/aromatic N) is 1. The number of carboxylic acids is 1. The largest absolute Gasteiger partial charge is 0.486 e. The molecule has 0 bridgehead atoms. The van der Waals surface area contributed by atoms with Crippen molar-refractivity contribution >= 4 is 23.3 Å². The second-order valence-corrected chi connectivity index (χ2v) is 4.05. The lowest BCUT2D eigenvalue weighted by molar-refractivity contribution is -0.386. The second-order valence-electron chi connectivity index (χ2n) is 3.61. The quantitative estimate of drug-likeness (QED) is 0.667. The van der Waals surface area contributed by atoms with E-state index in [1.807, 2.05) is 0 Å². The summed E-state index contributed by atoms with van der Waals surface area (Å²) in [7, 11) is 0. The average molecular weight is 314 g/mol. The van der Waals surface area contributed by atoms with Gasteiger partial charge in [0.05, 0.1) is 4.92 Å². The molecular weight excluding hydrogens is 307 g/mol. The van der Waals surface area contributed by atoms with E-state index in [1.165, 1.54) is 6.07 Å². The van der Waals surface area contributed by atoms with Crippen molar-refractivity contribution in [3.05, 3.63) is 33.3 Å². The Kier molecular flexibility index (Phi) is 4.77. The molecule has 1 aromatic carbocycles. The zero-order valence-corrected chi connectivity index (χ0v) is 10.3. The van der Waals surface area contributed by atoms with E-state index in [9.17, 15) is 28.1 Å². The van der Waals surface area contributed by atoms with Crippen molar-refractivity contribution in [3.8, 4) is 5.75 Å². The predicted octanol–water partition coefficient (Wildman–Crippen LogP) is 2.89. The predicted molar refractivity (Wildman–Crippen MR) is 60.8 cm³/mol. The molecule has 1 aromatic rings. The van der Waals surface area contributed by atoms with Gasteiger partial charge in [0.1, 0.15) is 6.61 Å². The Morgan fingerprint density at radius 3 is 2.55 bits per heavy atom. The molecule has 0 spiro atoms. The maximum Gasteiger partial charge on any atom is 0.405 e. The van der Waals surface area contributed by atoms with E-state index in [0.29, 0.717) is 0 Å². The maximum absolute atomic E-state index is 12.4. The highest BCUT2D eigenvalue weighted by molar-refractivity contribution is 6.30. The number of benzene rings is 1. The molecule has 6 nitrogen and oxygen atoms in total. The minimum atomic E-state index is -5.02. The maximum atomic E-state index is 12.4. The molecule has 1 rings (SSSR count). The van der Waals surface area contributed by atoms with Gasteiger partial charge >= 0.3 is 17.8 Å². The first-order valence-electron chi connectivity index (χ1n) is 4.99. The first-order chi connectivity index (χ1) is 9.12. The van der Waals surface area contributed by atoms with E-state index in [-0.39, 0.29) is 5.02 Å². The van der Waals surface area contributed by atoms with Crippen LogP contribution in [0.5, 0.6) is 5.75 Å². The van der Waals surface area contributed by atoms with E-state index >= 15 is 0 Å². The molecule has 0 fully saturated rings. The summed E-state index contributed by atoms with van der Waals surface area (Å²) < 4.78 is 41.7. The molecule has 0 radical (unpaired) electrons. The number of ether oxygens (including phenoxy) is 1. The van der Waals surface area contributed by atoms with E-state index < -0.39 is 41.0 Å². The van der Waals surface area contributed by atoms with Crippen molar-refractivity contribution in [3.63, 3.8) is 0 Å². The molecule has 1 unspecified atom stereocenters. The van der Waals surface area contributed by atoms with Crippen LogP contribution in [0.4, 0.5) is 18.9 Å². The summed E-state index contributed by atoms with van der Waals surface area (Å²) in [4.78, 5) is 20.3. The lowest BCUT2D eigenvalue weighted by atomic mass is 10.1. The molecular formula is C10H7ClF3NO5. The summed E-state index contributed by atoms with van der Waals surface area (Å²) >= 11 is 5.51. The Labute approximate surface area is 114 Å². The zero-order chi connectivity index (χ0) is 15.5. The molecule has 1 atom stereocenters.